The number of hydrogen-bond acceptors (Lipinski definition) is 2. The maximum absolute atomic E-state index is 4.46. The summed E-state index contributed by atoms with van der Waals surface area (Å²) in [6.07, 6.45) is 1.88. The molecule has 1 nitrogen and oxygen atoms in total. The lowest BCUT2D eigenvalue weighted by molar-refractivity contribution is 1.36. The lowest BCUT2D eigenvalue weighted by Gasteiger charge is -2.01. The van der Waals surface area contributed by atoms with Gasteiger partial charge < -0.3 is 0 Å². The highest BCUT2D eigenvalue weighted by molar-refractivity contribution is 7.17. The second kappa shape index (κ2) is 3.48. The van der Waals surface area contributed by atoms with Crippen LogP contribution < -0.4 is 0 Å². The molecule has 3 aromatic rings. The van der Waals surface area contributed by atoms with Crippen molar-refractivity contribution in [3.63, 3.8) is 0 Å². The highest BCUT2D eigenvalue weighted by Gasteiger charge is 2.04. The van der Waals surface area contributed by atoms with Gasteiger partial charge in [0.1, 0.15) is 0 Å². The molecule has 0 atom stereocenters. The first-order valence-electron chi connectivity index (χ1n) is 4.83. The predicted molar refractivity (Wildman–Crippen MR) is 65.1 cm³/mol. The van der Waals surface area contributed by atoms with E-state index in [2.05, 4.69) is 34.6 Å². The molecule has 2 aromatic heterocycles. The zero-order chi connectivity index (χ0) is 10.1. The maximum Gasteiger partial charge on any atom is 0.0788 e. The molecule has 0 fully saturated rings. The van der Waals surface area contributed by atoms with Gasteiger partial charge in [0.05, 0.1) is 5.69 Å². The van der Waals surface area contributed by atoms with Gasteiger partial charge in [-0.05, 0) is 17.5 Å². The first-order valence-corrected chi connectivity index (χ1v) is 5.71. The van der Waals surface area contributed by atoms with E-state index in [4.69, 9.17) is 0 Å². The van der Waals surface area contributed by atoms with E-state index in [9.17, 15) is 0 Å². The standard InChI is InChI=1S/C13H9NS/c1-2-4-10(5-3-1)13-11-7-9-15-12(11)6-8-14-13/h1-9H. The number of thiophene rings is 1. The molecule has 0 unspecified atom stereocenters. The van der Waals surface area contributed by atoms with Gasteiger partial charge in [0, 0.05) is 21.8 Å². The zero-order valence-corrected chi connectivity index (χ0v) is 8.87. The van der Waals surface area contributed by atoms with Crippen LogP contribution in [0.5, 0.6) is 0 Å². The number of nitrogens with zero attached hydrogens (tertiary/aromatic N) is 1. The molecule has 0 bridgehead atoms. The Morgan fingerprint density at radius 3 is 2.67 bits per heavy atom. The van der Waals surface area contributed by atoms with Gasteiger partial charge in [-0.15, -0.1) is 11.3 Å². The van der Waals surface area contributed by atoms with Crippen LogP contribution in [0, 0.1) is 0 Å². The molecule has 0 aliphatic rings. The summed E-state index contributed by atoms with van der Waals surface area (Å²) in [5.41, 5.74) is 2.26. The molecule has 0 N–H and O–H groups in total. The van der Waals surface area contributed by atoms with Gasteiger partial charge in [-0.25, -0.2) is 0 Å². The monoisotopic (exact) mass is 211 g/mol. The van der Waals surface area contributed by atoms with Crippen LogP contribution in [0.3, 0.4) is 0 Å². The molecule has 0 aliphatic carbocycles. The van der Waals surface area contributed by atoms with Gasteiger partial charge in [-0.3, -0.25) is 4.98 Å². The molecule has 2 heterocycles. The lowest BCUT2D eigenvalue weighted by atomic mass is 10.1. The minimum atomic E-state index is 1.08. The second-order valence-electron chi connectivity index (χ2n) is 3.36. The molecule has 0 spiro atoms. The van der Waals surface area contributed by atoms with Crippen molar-refractivity contribution >= 4 is 21.4 Å². The summed E-state index contributed by atoms with van der Waals surface area (Å²) in [4.78, 5) is 4.46. The molecule has 3 rings (SSSR count). The van der Waals surface area contributed by atoms with Crippen molar-refractivity contribution in [2.45, 2.75) is 0 Å². The van der Waals surface area contributed by atoms with Crippen molar-refractivity contribution in [2.75, 3.05) is 0 Å². The SMILES string of the molecule is c1ccc(-c2nccc3sccc23)cc1. The van der Waals surface area contributed by atoms with Gasteiger partial charge in [-0.2, -0.15) is 0 Å². The number of rotatable bonds is 1. The van der Waals surface area contributed by atoms with E-state index in [0.717, 1.165) is 5.69 Å². The van der Waals surface area contributed by atoms with Crippen molar-refractivity contribution < 1.29 is 0 Å². The Kier molecular flexibility index (Phi) is 2.00. The summed E-state index contributed by atoms with van der Waals surface area (Å²) in [6, 6.07) is 14.5. The van der Waals surface area contributed by atoms with Crippen LogP contribution >= 0.6 is 11.3 Å². The molecule has 0 saturated heterocycles. The average molecular weight is 211 g/mol. The highest BCUT2D eigenvalue weighted by Crippen LogP contribution is 2.29. The third kappa shape index (κ3) is 1.43. The van der Waals surface area contributed by atoms with E-state index in [1.54, 1.807) is 11.3 Å². The lowest BCUT2D eigenvalue weighted by Crippen LogP contribution is -1.82. The van der Waals surface area contributed by atoms with Crippen molar-refractivity contribution in [3.05, 3.63) is 54.0 Å². The molecule has 0 amide bonds. The van der Waals surface area contributed by atoms with Crippen LogP contribution in [0.2, 0.25) is 0 Å². The van der Waals surface area contributed by atoms with E-state index in [1.807, 2.05) is 24.4 Å². The summed E-state index contributed by atoms with van der Waals surface area (Å²) >= 11 is 1.76. The minimum absolute atomic E-state index is 1.08. The Balaban J connectivity index is 2.31. The van der Waals surface area contributed by atoms with Crippen LogP contribution in [0.4, 0.5) is 0 Å². The smallest absolute Gasteiger partial charge is 0.0788 e. The number of benzene rings is 1. The van der Waals surface area contributed by atoms with E-state index >= 15 is 0 Å². The van der Waals surface area contributed by atoms with Gasteiger partial charge in [-0.1, -0.05) is 30.3 Å². The quantitative estimate of drug-likeness (QED) is 0.593. The van der Waals surface area contributed by atoms with E-state index in [0.29, 0.717) is 0 Å². The highest BCUT2D eigenvalue weighted by atomic mass is 32.1. The third-order valence-electron chi connectivity index (χ3n) is 2.43. The summed E-state index contributed by atoms with van der Waals surface area (Å²) in [7, 11) is 0. The topological polar surface area (TPSA) is 12.9 Å². The molecular formula is C13H9NS. The van der Waals surface area contributed by atoms with Gasteiger partial charge in [0.15, 0.2) is 0 Å². The van der Waals surface area contributed by atoms with E-state index < -0.39 is 0 Å². The number of fused-ring (bicyclic) bond motifs is 1. The van der Waals surface area contributed by atoms with Gasteiger partial charge in [0.25, 0.3) is 0 Å². The van der Waals surface area contributed by atoms with E-state index in [1.165, 1.54) is 15.6 Å². The summed E-state index contributed by atoms with van der Waals surface area (Å²) in [5.74, 6) is 0. The molecule has 0 saturated carbocycles. The predicted octanol–water partition coefficient (Wildman–Crippen LogP) is 3.96. The molecule has 0 radical (unpaired) electrons. The fourth-order valence-corrected chi connectivity index (χ4v) is 2.50. The Morgan fingerprint density at radius 2 is 1.80 bits per heavy atom. The molecule has 72 valence electrons. The molecule has 2 heteroatoms. The van der Waals surface area contributed by atoms with Gasteiger partial charge in [0.2, 0.25) is 0 Å². The molecular weight excluding hydrogens is 202 g/mol. The largest absolute Gasteiger partial charge is 0.256 e. The molecule has 15 heavy (non-hydrogen) atoms. The minimum Gasteiger partial charge on any atom is -0.256 e. The van der Waals surface area contributed by atoms with Crippen molar-refractivity contribution in [3.8, 4) is 11.3 Å². The first kappa shape index (κ1) is 8.62. The van der Waals surface area contributed by atoms with Crippen LogP contribution in [0.1, 0.15) is 0 Å². The summed E-state index contributed by atoms with van der Waals surface area (Å²) in [6.45, 7) is 0. The summed E-state index contributed by atoms with van der Waals surface area (Å²) < 4.78 is 1.30. The summed E-state index contributed by atoms with van der Waals surface area (Å²) in [5, 5.41) is 3.35. The first-order chi connectivity index (χ1) is 7.45. The van der Waals surface area contributed by atoms with Gasteiger partial charge >= 0.3 is 0 Å². The number of aromatic nitrogens is 1. The Hall–Kier alpha value is -1.67. The Bertz CT molecular complexity index is 584. The Morgan fingerprint density at radius 1 is 0.933 bits per heavy atom. The molecule has 1 aromatic carbocycles. The fourth-order valence-electron chi connectivity index (χ4n) is 1.72. The van der Waals surface area contributed by atoms with Crippen LogP contribution in [0.15, 0.2) is 54.0 Å². The van der Waals surface area contributed by atoms with Crippen molar-refractivity contribution in [1.82, 2.24) is 4.98 Å². The second-order valence-corrected chi connectivity index (χ2v) is 4.31. The van der Waals surface area contributed by atoms with Crippen LogP contribution in [-0.4, -0.2) is 4.98 Å². The Labute approximate surface area is 92.0 Å². The maximum atomic E-state index is 4.46. The van der Waals surface area contributed by atoms with Crippen molar-refractivity contribution in [1.29, 1.82) is 0 Å². The average Bonchev–Trinajstić information content (AvgIpc) is 2.78. The number of hydrogen-bond donors (Lipinski definition) is 0. The third-order valence-corrected chi connectivity index (χ3v) is 3.31. The zero-order valence-electron chi connectivity index (χ0n) is 8.05. The molecule has 0 aliphatic heterocycles. The van der Waals surface area contributed by atoms with Crippen LogP contribution in [-0.2, 0) is 0 Å². The van der Waals surface area contributed by atoms with Crippen LogP contribution in [0.25, 0.3) is 21.3 Å². The normalized spacial score (nSPS) is 10.7. The number of pyridine rings is 1. The fraction of sp³-hybridized carbons (Fsp3) is 0. The van der Waals surface area contributed by atoms with E-state index in [-0.39, 0.29) is 0 Å². The van der Waals surface area contributed by atoms with Crippen molar-refractivity contribution in [2.24, 2.45) is 0 Å².